The minimum Gasteiger partial charge on any atom is -0.349 e. The molecule has 0 aliphatic carbocycles. The van der Waals surface area contributed by atoms with Gasteiger partial charge >= 0.3 is 0 Å². The zero-order valence-electron chi connectivity index (χ0n) is 18.8. The molecule has 7 heteroatoms. The zero-order valence-corrected chi connectivity index (χ0v) is 20.4. The summed E-state index contributed by atoms with van der Waals surface area (Å²) in [4.78, 5) is 19.7. The zero-order chi connectivity index (χ0) is 22.7. The Balaban J connectivity index is 1.28. The van der Waals surface area contributed by atoms with E-state index >= 15 is 0 Å². The molecule has 0 radical (unpaired) electrons. The topological polar surface area (TPSA) is 71.3 Å². The normalized spacial score (nSPS) is 16.1. The number of carbonyl (C=O) groups is 1. The van der Waals surface area contributed by atoms with Gasteiger partial charge in [0.1, 0.15) is 0 Å². The van der Waals surface area contributed by atoms with Gasteiger partial charge in [-0.3, -0.25) is 9.69 Å². The molecule has 1 saturated heterocycles. The number of amides is 1. The van der Waals surface area contributed by atoms with Gasteiger partial charge in [0.15, 0.2) is 0 Å². The third-order valence-electron chi connectivity index (χ3n) is 6.15. The number of hydrogen-bond donors (Lipinski definition) is 1. The Morgan fingerprint density at radius 2 is 1.91 bits per heavy atom. The molecule has 1 amide bonds. The molecule has 4 rings (SSSR count). The van der Waals surface area contributed by atoms with Gasteiger partial charge in [0, 0.05) is 16.0 Å². The van der Waals surface area contributed by atoms with Crippen LogP contribution in [0.4, 0.5) is 0 Å². The summed E-state index contributed by atoms with van der Waals surface area (Å²) in [5.41, 5.74) is 4.54. The summed E-state index contributed by atoms with van der Waals surface area (Å²) in [5, 5.41) is 7.33. The summed E-state index contributed by atoms with van der Waals surface area (Å²) in [5.74, 6) is 1.39. The first-order valence-corrected chi connectivity index (χ1v) is 11.9. The van der Waals surface area contributed by atoms with E-state index < -0.39 is 0 Å². The highest BCUT2D eigenvalue weighted by Gasteiger charge is 2.27. The van der Waals surface area contributed by atoms with E-state index in [1.54, 1.807) is 0 Å². The van der Waals surface area contributed by atoms with Crippen molar-refractivity contribution in [2.75, 3.05) is 13.1 Å². The molecule has 168 valence electrons. The molecule has 32 heavy (non-hydrogen) atoms. The maximum Gasteiger partial charge on any atom is 0.241 e. The minimum atomic E-state index is 0.0100. The molecule has 0 bridgehead atoms. The smallest absolute Gasteiger partial charge is 0.241 e. The van der Waals surface area contributed by atoms with Crippen LogP contribution in [0, 0.1) is 19.8 Å². The van der Waals surface area contributed by atoms with Crippen molar-refractivity contribution in [2.24, 2.45) is 5.92 Å². The van der Waals surface area contributed by atoms with Gasteiger partial charge in [-0.2, -0.15) is 4.98 Å². The number of nitrogens with zero attached hydrogens (tertiary/aromatic N) is 3. The van der Waals surface area contributed by atoms with Crippen molar-refractivity contribution < 1.29 is 9.32 Å². The molecule has 1 unspecified atom stereocenters. The Bertz CT molecular complexity index is 1070. The van der Waals surface area contributed by atoms with Crippen LogP contribution in [0.25, 0.3) is 11.4 Å². The summed E-state index contributed by atoms with van der Waals surface area (Å²) >= 11 is 3.44. The van der Waals surface area contributed by atoms with Gasteiger partial charge in [0.2, 0.25) is 17.6 Å². The molecule has 6 nitrogen and oxygen atoms in total. The average Bonchev–Trinajstić information content (AvgIpc) is 3.24. The third kappa shape index (κ3) is 5.45. The monoisotopic (exact) mass is 496 g/mol. The number of aromatic nitrogens is 2. The van der Waals surface area contributed by atoms with E-state index in [0.29, 0.717) is 18.3 Å². The van der Waals surface area contributed by atoms with Crippen LogP contribution in [0.15, 0.2) is 51.5 Å². The Morgan fingerprint density at radius 3 is 2.62 bits per heavy atom. The molecule has 1 aliphatic rings. The number of carbonyl (C=O) groups excluding carboxylic acids is 1. The molecule has 1 aromatic heterocycles. The van der Waals surface area contributed by atoms with E-state index in [-0.39, 0.29) is 17.9 Å². The molecule has 3 aromatic rings. The summed E-state index contributed by atoms with van der Waals surface area (Å²) in [6.45, 7) is 8.52. The lowest BCUT2D eigenvalue weighted by Gasteiger charge is -2.31. The number of likely N-dealkylation sites (tertiary alicyclic amines) is 1. The number of rotatable bonds is 6. The van der Waals surface area contributed by atoms with Crippen molar-refractivity contribution >= 4 is 21.8 Å². The lowest BCUT2D eigenvalue weighted by molar-refractivity contribution is -0.127. The summed E-state index contributed by atoms with van der Waals surface area (Å²) < 4.78 is 6.47. The number of nitrogens with one attached hydrogen (secondary N) is 1. The predicted octanol–water partition coefficient (Wildman–Crippen LogP) is 5.21. The fourth-order valence-corrected chi connectivity index (χ4v) is 4.48. The first kappa shape index (κ1) is 22.7. The number of halogens is 1. The average molecular weight is 497 g/mol. The molecule has 1 aliphatic heterocycles. The second-order valence-corrected chi connectivity index (χ2v) is 9.58. The summed E-state index contributed by atoms with van der Waals surface area (Å²) in [6, 6.07) is 14.2. The second kappa shape index (κ2) is 9.96. The maximum absolute atomic E-state index is 12.9. The second-order valence-electron chi connectivity index (χ2n) is 8.66. The molecule has 2 aromatic carbocycles. The Hall–Kier alpha value is -2.51. The SMILES string of the molecule is Cc1ccc(C)c(C(C)NC(=O)C2CCN(Cc3nc(-c4ccc(Br)cc4)no3)CC2)c1. The number of aryl methyl sites for hydroxylation is 2. The van der Waals surface area contributed by atoms with Crippen molar-refractivity contribution in [3.8, 4) is 11.4 Å². The van der Waals surface area contributed by atoms with Crippen molar-refractivity contribution in [1.29, 1.82) is 0 Å². The Kier molecular flexibility index (Phi) is 7.06. The van der Waals surface area contributed by atoms with Crippen LogP contribution in [0.2, 0.25) is 0 Å². The fraction of sp³-hybridized carbons (Fsp3) is 0.400. The highest BCUT2D eigenvalue weighted by Crippen LogP contribution is 2.24. The molecular formula is C25H29BrN4O2. The molecule has 1 fully saturated rings. The van der Waals surface area contributed by atoms with Crippen LogP contribution in [0.3, 0.4) is 0 Å². The van der Waals surface area contributed by atoms with Gasteiger partial charge in [-0.05, 0) is 82.1 Å². The highest BCUT2D eigenvalue weighted by molar-refractivity contribution is 9.10. The third-order valence-corrected chi connectivity index (χ3v) is 6.68. The van der Waals surface area contributed by atoms with Gasteiger partial charge in [0.25, 0.3) is 0 Å². The van der Waals surface area contributed by atoms with E-state index in [0.717, 1.165) is 36.0 Å². The van der Waals surface area contributed by atoms with Crippen LogP contribution in [0.5, 0.6) is 0 Å². The molecule has 2 heterocycles. The molecule has 0 saturated carbocycles. The van der Waals surface area contributed by atoms with Crippen molar-refractivity contribution in [3.05, 3.63) is 69.5 Å². The number of benzene rings is 2. The summed E-state index contributed by atoms with van der Waals surface area (Å²) in [6.07, 6.45) is 1.66. The quantitative estimate of drug-likeness (QED) is 0.507. The molecule has 0 spiro atoms. The number of hydrogen-bond acceptors (Lipinski definition) is 5. The van der Waals surface area contributed by atoms with Gasteiger partial charge < -0.3 is 9.84 Å². The van der Waals surface area contributed by atoms with Gasteiger partial charge in [-0.15, -0.1) is 0 Å². The molecular weight excluding hydrogens is 468 g/mol. The Morgan fingerprint density at radius 1 is 1.19 bits per heavy atom. The van der Waals surface area contributed by atoms with E-state index in [4.69, 9.17) is 4.52 Å². The molecule has 1 atom stereocenters. The lowest BCUT2D eigenvalue weighted by atomic mass is 9.94. The van der Waals surface area contributed by atoms with Crippen molar-refractivity contribution in [3.63, 3.8) is 0 Å². The van der Waals surface area contributed by atoms with E-state index in [1.807, 2.05) is 24.3 Å². The summed E-state index contributed by atoms with van der Waals surface area (Å²) in [7, 11) is 0. The fourth-order valence-electron chi connectivity index (χ4n) is 4.22. The standard InChI is InChI=1S/C25H29BrN4O2/c1-16-4-5-17(2)22(14-16)18(3)27-25(31)20-10-12-30(13-11-20)15-23-28-24(29-32-23)19-6-8-21(26)9-7-19/h4-9,14,18,20H,10-13,15H2,1-3H3,(H,27,31). The van der Waals surface area contributed by atoms with Crippen molar-refractivity contribution in [1.82, 2.24) is 20.4 Å². The van der Waals surface area contributed by atoms with Crippen LogP contribution in [-0.2, 0) is 11.3 Å². The van der Waals surface area contributed by atoms with Crippen LogP contribution in [-0.4, -0.2) is 34.0 Å². The van der Waals surface area contributed by atoms with Gasteiger partial charge in [-0.25, -0.2) is 0 Å². The van der Waals surface area contributed by atoms with E-state index in [2.05, 4.69) is 75.3 Å². The van der Waals surface area contributed by atoms with E-state index in [9.17, 15) is 4.79 Å². The van der Waals surface area contributed by atoms with Crippen LogP contribution < -0.4 is 5.32 Å². The van der Waals surface area contributed by atoms with Crippen LogP contribution >= 0.6 is 15.9 Å². The maximum atomic E-state index is 12.9. The van der Waals surface area contributed by atoms with Crippen LogP contribution in [0.1, 0.15) is 48.4 Å². The first-order valence-electron chi connectivity index (χ1n) is 11.1. The first-order chi connectivity index (χ1) is 15.4. The van der Waals surface area contributed by atoms with Gasteiger partial charge in [-0.1, -0.05) is 44.8 Å². The largest absolute Gasteiger partial charge is 0.349 e. The predicted molar refractivity (Wildman–Crippen MR) is 128 cm³/mol. The van der Waals surface area contributed by atoms with Crippen molar-refractivity contribution in [2.45, 2.75) is 46.2 Å². The molecule has 1 N–H and O–H groups in total. The highest BCUT2D eigenvalue weighted by atomic mass is 79.9. The van der Waals surface area contributed by atoms with Gasteiger partial charge in [0.05, 0.1) is 12.6 Å². The minimum absolute atomic E-state index is 0.0100. The Labute approximate surface area is 197 Å². The van der Waals surface area contributed by atoms with E-state index in [1.165, 1.54) is 16.7 Å². The number of piperidine rings is 1. The lowest BCUT2D eigenvalue weighted by Crippen LogP contribution is -2.41.